The lowest BCUT2D eigenvalue weighted by atomic mass is 10.1. The van der Waals surface area contributed by atoms with Crippen LogP contribution in [-0.2, 0) is 4.79 Å². The van der Waals surface area contributed by atoms with Crippen LogP contribution in [0, 0.1) is 6.92 Å². The third kappa shape index (κ3) is 4.19. The van der Waals surface area contributed by atoms with E-state index < -0.39 is 5.63 Å². The Kier molecular flexibility index (Phi) is 5.13. The van der Waals surface area contributed by atoms with E-state index in [-0.39, 0.29) is 23.9 Å². The predicted molar refractivity (Wildman–Crippen MR) is 105 cm³/mol. The van der Waals surface area contributed by atoms with E-state index in [2.05, 4.69) is 10.5 Å². The SMILES string of the molecule is Cc1cc(NC(=O)CN2CCN(C(=O)c3cc4ccccc4oc3=O)CC2)no1. The lowest BCUT2D eigenvalue weighted by Crippen LogP contribution is -2.51. The van der Waals surface area contributed by atoms with Crippen LogP contribution in [-0.4, -0.2) is 59.5 Å². The molecule has 9 nitrogen and oxygen atoms in total. The van der Waals surface area contributed by atoms with Crippen molar-refractivity contribution < 1.29 is 18.5 Å². The van der Waals surface area contributed by atoms with Crippen LogP contribution < -0.4 is 10.9 Å². The molecule has 0 radical (unpaired) electrons. The van der Waals surface area contributed by atoms with Crippen LogP contribution in [0.3, 0.4) is 0 Å². The van der Waals surface area contributed by atoms with E-state index in [1.807, 2.05) is 11.0 Å². The van der Waals surface area contributed by atoms with Gasteiger partial charge in [-0.3, -0.25) is 14.5 Å². The maximum absolute atomic E-state index is 12.8. The molecule has 1 fully saturated rings. The van der Waals surface area contributed by atoms with Crippen LogP contribution in [0.5, 0.6) is 0 Å². The highest BCUT2D eigenvalue weighted by Crippen LogP contribution is 2.15. The normalized spacial score (nSPS) is 14.9. The van der Waals surface area contributed by atoms with Gasteiger partial charge in [-0.05, 0) is 19.1 Å². The molecular formula is C20H20N4O5. The van der Waals surface area contributed by atoms with Crippen molar-refractivity contribution >= 4 is 28.6 Å². The third-order valence-corrected chi connectivity index (χ3v) is 4.79. The zero-order valence-corrected chi connectivity index (χ0v) is 15.9. The fraction of sp³-hybridized carbons (Fsp3) is 0.300. The second-order valence-corrected chi connectivity index (χ2v) is 6.92. The Balaban J connectivity index is 1.35. The van der Waals surface area contributed by atoms with Gasteiger partial charge in [-0.2, -0.15) is 0 Å². The van der Waals surface area contributed by atoms with E-state index >= 15 is 0 Å². The number of rotatable bonds is 4. The number of nitrogens with zero attached hydrogens (tertiary/aromatic N) is 3. The lowest BCUT2D eigenvalue weighted by Gasteiger charge is -2.34. The van der Waals surface area contributed by atoms with Crippen molar-refractivity contribution in [3.63, 3.8) is 0 Å². The molecule has 1 saturated heterocycles. The summed E-state index contributed by atoms with van der Waals surface area (Å²) in [7, 11) is 0. The summed E-state index contributed by atoms with van der Waals surface area (Å²) in [4.78, 5) is 40.7. The first-order valence-electron chi connectivity index (χ1n) is 9.27. The number of anilines is 1. The fourth-order valence-electron chi connectivity index (χ4n) is 3.30. The number of carbonyl (C=O) groups is 2. The second-order valence-electron chi connectivity index (χ2n) is 6.92. The minimum atomic E-state index is -0.640. The van der Waals surface area contributed by atoms with Gasteiger partial charge in [0.15, 0.2) is 5.82 Å². The predicted octanol–water partition coefficient (Wildman–Crippen LogP) is 1.49. The number of hydrogen-bond acceptors (Lipinski definition) is 7. The van der Waals surface area contributed by atoms with E-state index in [0.29, 0.717) is 48.7 Å². The van der Waals surface area contributed by atoms with Gasteiger partial charge in [-0.15, -0.1) is 0 Å². The van der Waals surface area contributed by atoms with Gasteiger partial charge in [0.2, 0.25) is 5.91 Å². The van der Waals surface area contributed by atoms with Crippen molar-refractivity contribution in [2.24, 2.45) is 0 Å². The number of fused-ring (bicyclic) bond motifs is 1. The van der Waals surface area contributed by atoms with Crippen molar-refractivity contribution in [3.8, 4) is 0 Å². The molecule has 1 N–H and O–H groups in total. The average Bonchev–Trinajstić information content (AvgIpc) is 3.12. The Bertz CT molecular complexity index is 1110. The molecule has 4 rings (SSSR count). The number of amides is 2. The van der Waals surface area contributed by atoms with Crippen molar-refractivity contribution in [3.05, 3.63) is 58.1 Å². The molecular weight excluding hydrogens is 376 g/mol. The highest BCUT2D eigenvalue weighted by Gasteiger charge is 2.26. The van der Waals surface area contributed by atoms with Gasteiger partial charge in [-0.1, -0.05) is 23.4 Å². The molecule has 0 saturated carbocycles. The first kappa shape index (κ1) is 18.9. The fourth-order valence-corrected chi connectivity index (χ4v) is 3.30. The molecule has 3 aromatic rings. The molecule has 29 heavy (non-hydrogen) atoms. The van der Waals surface area contributed by atoms with Crippen LogP contribution >= 0.6 is 0 Å². The molecule has 1 aliphatic rings. The summed E-state index contributed by atoms with van der Waals surface area (Å²) < 4.78 is 10.2. The summed E-state index contributed by atoms with van der Waals surface area (Å²) in [6.45, 7) is 3.82. The molecule has 1 aromatic carbocycles. The summed E-state index contributed by atoms with van der Waals surface area (Å²) >= 11 is 0. The molecule has 9 heteroatoms. The van der Waals surface area contributed by atoms with Gasteiger partial charge in [0.05, 0.1) is 6.54 Å². The zero-order chi connectivity index (χ0) is 20.4. The van der Waals surface area contributed by atoms with Crippen LogP contribution in [0.25, 0.3) is 11.0 Å². The molecule has 1 aliphatic heterocycles. The number of aromatic nitrogens is 1. The van der Waals surface area contributed by atoms with Crippen LogP contribution in [0.1, 0.15) is 16.1 Å². The molecule has 0 unspecified atom stereocenters. The summed E-state index contributed by atoms with van der Waals surface area (Å²) in [5, 5.41) is 7.11. The number of aryl methyl sites for hydroxylation is 1. The summed E-state index contributed by atoms with van der Waals surface area (Å²) in [5.41, 5.74) is -0.165. The first-order valence-corrected chi connectivity index (χ1v) is 9.27. The number of piperazine rings is 1. The van der Waals surface area contributed by atoms with Crippen LogP contribution in [0.15, 0.2) is 50.1 Å². The smallest absolute Gasteiger partial charge is 0.349 e. The summed E-state index contributed by atoms with van der Waals surface area (Å²) in [6.07, 6.45) is 0. The Hall–Kier alpha value is -3.46. The molecule has 3 heterocycles. The molecule has 2 aromatic heterocycles. The van der Waals surface area contributed by atoms with Crippen molar-refractivity contribution in [2.75, 3.05) is 38.0 Å². The lowest BCUT2D eigenvalue weighted by molar-refractivity contribution is -0.117. The topological polar surface area (TPSA) is 109 Å². The number of benzene rings is 1. The van der Waals surface area contributed by atoms with E-state index in [1.54, 1.807) is 42.2 Å². The maximum Gasteiger partial charge on any atom is 0.349 e. The summed E-state index contributed by atoms with van der Waals surface area (Å²) in [6, 6.07) is 10.3. The number of nitrogens with one attached hydrogen (secondary N) is 1. The van der Waals surface area contributed by atoms with Gasteiger partial charge < -0.3 is 19.2 Å². The number of hydrogen-bond donors (Lipinski definition) is 1. The maximum atomic E-state index is 12.8. The molecule has 2 amide bonds. The van der Waals surface area contributed by atoms with Gasteiger partial charge in [-0.25, -0.2) is 4.79 Å². The number of para-hydroxylation sites is 1. The van der Waals surface area contributed by atoms with Gasteiger partial charge in [0, 0.05) is 37.6 Å². The van der Waals surface area contributed by atoms with Crippen molar-refractivity contribution in [1.29, 1.82) is 0 Å². The minimum absolute atomic E-state index is 0.0243. The Labute approximate surface area is 165 Å². The van der Waals surface area contributed by atoms with E-state index in [0.717, 1.165) is 0 Å². The van der Waals surface area contributed by atoms with E-state index in [4.69, 9.17) is 8.94 Å². The second kappa shape index (κ2) is 7.88. The third-order valence-electron chi connectivity index (χ3n) is 4.79. The highest BCUT2D eigenvalue weighted by molar-refractivity contribution is 5.96. The minimum Gasteiger partial charge on any atom is -0.422 e. The van der Waals surface area contributed by atoms with Crippen LogP contribution in [0.4, 0.5) is 5.82 Å². The monoisotopic (exact) mass is 396 g/mol. The van der Waals surface area contributed by atoms with Gasteiger partial charge in [0.1, 0.15) is 16.9 Å². The number of carbonyl (C=O) groups excluding carboxylic acids is 2. The van der Waals surface area contributed by atoms with Crippen molar-refractivity contribution in [2.45, 2.75) is 6.92 Å². The molecule has 0 spiro atoms. The molecule has 0 bridgehead atoms. The molecule has 150 valence electrons. The molecule has 0 aliphatic carbocycles. The summed E-state index contributed by atoms with van der Waals surface area (Å²) in [5.74, 6) is 0.440. The largest absolute Gasteiger partial charge is 0.422 e. The highest BCUT2D eigenvalue weighted by atomic mass is 16.5. The van der Waals surface area contributed by atoms with Crippen molar-refractivity contribution in [1.82, 2.24) is 15.0 Å². The van der Waals surface area contributed by atoms with E-state index in [9.17, 15) is 14.4 Å². The Morgan fingerprint density at radius 1 is 1.14 bits per heavy atom. The van der Waals surface area contributed by atoms with Gasteiger partial charge in [0.25, 0.3) is 5.91 Å². The standard InChI is InChI=1S/C20H20N4O5/c1-13-10-17(22-29-13)21-18(25)12-23-6-8-24(9-7-23)19(26)15-11-14-4-2-3-5-16(14)28-20(15)27/h2-5,10-11H,6-9,12H2,1H3,(H,21,22,25). The first-order chi connectivity index (χ1) is 14.0. The Morgan fingerprint density at radius 2 is 1.90 bits per heavy atom. The zero-order valence-electron chi connectivity index (χ0n) is 15.9. The Morgan fingerprint density at radius 3 is 2.62 bits per heavy atom. The quantitative estimate of drug-likeness (QED) is 0.666. The average molecular weight is 396 g/mol. The molecule has 0 atom stereocenters. The van der Waals surface area contributed by atoms with Gasteiger partial charge >= 0.3 is 5.63 Å². The van der Waals surface area contributed by atoms with Crippen LogP contribution in [0.2, 0.25) is 0 Å². The van der Waals surface area contributed by atoms with E-state index in [1.165, 1.54) is 0 Å².